The second-order valence-corrected chi connectivity index (χ2v) is 6.43. The highest BCUT2D eigenvalue weighted by atomic mass is 16.4. The number of rotatable bonds is 3. The fourth-order valence-corrected chi connectivity index (χ4v) is 3.24. The second-order valence-electron chi connectivity index (χ2n) is 6.43. The number of carbonyl (C=O) groups is 2. The summed E-state index contributed by atoms with van der Waals surface area (Å²) in [5.74, 6) is -1.26. The van der Waals surface area contributed by atoms with E-state index in [0.717, 1.165) is 11.3 Å². The zero-order valence-corrected chi connectivity index (χ0v) is 13.7. The molecule has 2 aromatic rings. The van der Waals surface area contributed by atoms with Gasteiger partial charge in [0, 0.05) is 18.7 Å². The Balaban J connectivity index is 1.83. The Labute approximate surface area is 139 Å². The molecule has 1 aliphatic rings. The van der Waals surface area contributed by atoms with E-state index in [1.165, 1.54) is 6.33 Å². The van der Waals surface area contributed by atoms with Gasteiger partial charge in [-0.1, -0.05) is 6.92 Å². The Morgan fingerprint density at radius 1 is 1.29 bits per heavy atom. The summed E-state index contributed by atoms with van der Waals surface area (Å²) < 4.78 is 1.63. The SMILES string of the molecule is Cc1cc(-n2cncn2)ccc1C(=O)N1CC(C)CC(C(=O)O)C1. The van der Waals surface area contributed by atoms with Crippen LogP contribution in [0.2, 0.25) is 0 Å². The van der Waals surface area contributed by atoms with E-state index in [1.807, 2.05) is 26.0 Å². The predicted octanol–water partition coefficient (Wildman–Crippen LogP) is 1.76. The third-order valence-corrected chi connectivity index (χ3v) is 4.42. The van der Waals surface area contributed by atoms with Gasteiger partial charge in [-0.2, -0.15) is 5.10 Å². The van der Waals surface area contributed by atoms with Gasteiger partial charge < -0.3 is 10.0 Å². The lowest BCUT2D eigenvalue weighted by Gasteiger charge is -2.35. The van der Waals surface area contributed by atoms with Crippen LogP contribution in [-0.4, -0.2) is 49.7 Å². The van der Waals surface area contributed by atoms with Crippen LogP contribution in [-0.2, 0) is 4.79 Å². The maximum atomic E-state index is 12.8. The van der Waals surface area contributed by atoms with Crippen LogP contribution in [0.4, 0.5) is 0 Å². The van der Waals surface area contributed by atoms with E-state index in [1.54, 1.807) is 22.0 Å². The van der Waals surface area contributed by atoms with Crippen molar-refractivity contribution in [3.8, 4) is 5.69 Å². The quantitative estimate of drug-likeness (QED) is 0.927. The van der Waals surface area contributed by atoms with Crippen molar-refractivity contribution in [2.45, 2.75) is 20.3 Å². The summed E-state index contributed by atoms with van der Waals surface area (Å²) in [5.41, 5.74) is 2.26. The van der Waals surface area contributed by atoms with Crippen molar-refractivity contribution >= 4 is 11.9 Å². The van der Waals surface area contributed by atoms with Gasteiger partial charge in [0.2, 0.25) is 0 Å². The molecular formula is C17H20N4O3. The number of benzene rings is 1. The molecule has 1 saturated heterocycles. The minimum absolute atomic E-state index is 0.115. The van der Waals surface area contributed by atoms with Crippen molar-refractivity contribution in [1.29, 1.82) is 0 Å². The molecule has 1 aliphatic heterocycles. The molecule has 3 rings (SSSR count). The molecule has 0 aliphatic carbocycles. The van der Waals surface area contributed by atoms with E-state index in [-0.39, 0.29) is 18.4 Å². The highest BCUT2D eigenvalue weighted by molar-refractivity contribution is 5.96. The molecule has 7 nitrogen and oxygen atoms in total. The maximum absolute atomic E-state index is 12.8. The number of nitrogens with zero attached hydrogens (tertiary/aromatic N) is 4. The van der Waals surface area contributed by atoms with Crippen LogP contribution in [0.3, 0.4) is 0 Å². The summed E-state index contributed by atoms with van der Waals surface area (Å²) in [6, 6.07) is 5.46. The summed E-state index contributed by atoms with van der Waals surface area (Å²) in [7, 11) is 0. The fraction of sp³-hybridized carbons (Fsp3) is 0.412. The van der Waals surface area contributed by atoms with Gasteiger partial charge in [0.15, 0.2) is 0 Å². The van der Waals surface area contributed by atoms with Crippen LogP contribution < -0.4 is 0 Å². The van der Waals surface area contributed by atoms with Gasteiger partial charge in [-0.25, -0.2) is 9.67 Å². The molecule has 2 heterocycles. The van der Waals surface area contributed by atoms with Crippen LogP contribution >= 0.6 is 0 Å². The van der Waals surface area contributed by atoms with Gasteiger partial charge in [-0.3, -0.25) is 9.59 Å². The predicted molar refractivity (Wildman–Crippen MR) is 86.9 cm³/mol. The zero-order valence-electron chi connectivity index (χ0n) is 13.7. The summed E-state index contributed by atoms with van der Waals surface area (Å²) in [6.45, 7) is 4.71. The average molecular weight is 328 g/mol. The van der Waals surface area contributed by atoms with E-state index in [9.17, 15) is 14.7 Å². The molecular weight excluding hydrogens is 308 g/mol. The number of hydrogen-bond donors (Lipinski definition) is 1. The van der Waals surface area contributed by atoms with Crippen molar-refractivity contribution in [2.24, 2.45) is 11.8 Å². The van der Waals surface area contributed by atoms with E-state index in [2.05, 4.69) is 10.1 Å². The van der Waals surface area contributed by atoms with Crippen LogP contribution in [0.5, 0.6) is 0 Å². The molecule has 0 saturated carbocycles. The Hall–Kier alpha value is -2.70. The van der Waals surface area contributed by atoms with Crippen molar-refractivity contribution in [2.75, 3.05) is 13.1 Å². The first-order chi connectivity index (χ1) is 11.5. The van der Waals surface area contributed by atoms with Crippen LogP contribution in [0.25, 0.3) is 5.69 Å². The first-order valence-electron chi connectivity index (χ1n) is 7.93. The van der Waals surface area contributed by atoms with Crippen molar-refractivity contribution in [1.82, 2.24) is 19.7 Å². The number of aliphatic carboxylic acids is 1. The lowest BCUT2D eigenvalue weighted by atomic mass is 9.90. The normalized spacial score (nSPS) is 20.8. The lowest BCUT2D eigenvalue weighted by molar-refractivity contribution is -0.143. The van der Waals surface area contributed by atoms with Gasteiger partial charge in [0.1, 0.15) is 12.7 Å². The third-order valence-electron chi connectivity index (χ3n) is 4.42. The van der Waals surface area contributed by atoms with Gasteiger partial charge in [-0.05, 0) is 43.0 Å². The van der Waals surface area contributed by atoms with E-state index >= 15 is 0 Å². The highest BCUT2D eigenvalue weighted by Crippen LogP contribution is 2.24. The molecule has 1 aromatic carbocycles. The highest BCUT2D eigenvalue weighted by Gasteiger charge is 2.32. The first kappa shape index (κ1) is 16.2. The number of carboxylic acids is 1. The monoisotopic (exact) mass is 328 g/mol. The molecule has 1 fully saturated rings. The minimum atomic E-state index is -0.836. The molecule has 2 unspecified atom stereocenters. The molecule has 0 bridgehead atoms. The van der Waals surface area contributed by atoms with Crippen molar-refractivity contribution in [3.05, 3.63) is 42.0 Å². The van der Waals surface area contributed by atoms with Gasteiger partial charge in [0.25, 0.3) is 5.91 Å². The molecule has 24 heavy (non-hydrogen) atoms. The molecule has 1 aromatic heterocycles. The standard InChI is InChI=1S/C17H20N4O3/c1-11-5-13(17(23)24)8-20(7-11)16(22)15-4-3-14(6-12(15)2)21-10-18-9-19-21/h3-4,6,9-11,13H,5,7-8H2,1-2H3,(H,23,24). The number of hydrogen-bond acceptors (Lipinski definition) is 4. The van der Waals surface area contributed by atoms with Crippen LogP contribution in [0.15, 0.2) is 30.9 Å². The molecule has 1 N–H and O–H groups in total. The Bertz CT molecular complexity index is 757. The molecule has 0 radical (unpaired) electrons. The minimum Gasteiger partial charge on any atom is -0.481 e. The number of carbonyl (C=O) groups excluding carboxylic acids is 1. The number of carboxylic acid groups (broad SMARTS) is 1. The number of amides is 1. The summed E-state index contributed by atoms with van der Waals surface area (Å²) in [5, 5.41) is 13.3. The Kier molecular flexibility index (Phi) is 4.33. The zero-order chi connectivity index (χ0) is 17.3. The van der Waals surface area contributed by atoms with E-state index in [4.69, 9.17) is 0 Å². The van der Waals surface area contributed by atoms with Crippen molar-refractivity contribution in [3.63, 3.8) is 0 Å². The van der Waals surface area contributed by atoms with Gasteiger partial charge >= 0.3 is 5.97 Å². The molecule has 2 atom stereocenters. The van der Waals surface area contributed by atoms with Gasteiger partial charge in [-0.15, -0.1) is 0 Å². The first-order valence-corrected chi connectivity index (χ1v) is 7.93. The van der Waals surface area contributed by atoms with Crippen LogP contribution in [0.1, 0.15) is 29.3 Å². The molecule has 7 heteroatoms. The largest absolute Gasteiger partial charge is 0.481 e. The van der Waals surface area contributed by atoms with Crippen LogP contribution in [0, 0.1) is 18.8 Å². The Morgan fingerprint density at radius 3 is 2.71 bits per heavy atom. The summed E-state index contributed by atoms with van der Waals surface area (Å²) in [4.78, 5) is 29.7. The molecule has 0 spiro atoms. The molecule has 126 valence electrons. The number of likely N-dealkylation sites (tertiary alicyclic amines) is 1. The van der Waals surface area contributed by atoms with E-state index in [0.29, 0.717) is 18.5 Å². The number of aromatic nitrogens is 3. The van der Waals surface area contributed by atoms with Gasteiger partial charge in [0.05, 0.1) is 11.6 Å². The topological polar surface area (TPSA) is 88.3 Å². The summed E-state index contributed by atoms with van der Waals surface area (Å²) >= 11 is 0. The number of piperidine rings is 1. The van der Waals surface area contributed by atoms with E-state index < -0.39 is 11.9 Å². The number of aryl methyl sites for hydroxylation is 1. The fourth-order valence-electron chi connectivity index (χ4n) is 3.24. The Morgan fingerprint density at radius 2 is 2.08 bits per heavy atom. The third kappa shape index (κ3) is 3.15. The second kappa shape index (κ2) is 6.43. The maximum Gasteiger partial charge on any atom is 0.308 e. The average Bonchev–Trinajstić information content (AvgIpc) is 3.08. The smallest absolute Gasteiger partial charge is 0.308 e. The molecule has 1 amide bonds. The van der Waals surface area contributed by atoms with Crippen molar-refractivity contribution < 1.29 is 14.7 Å². The summed E-state index contributed by atoms with van der Waals surface area (Å²) in [6.07, 6.45) is 3.67. The lowest BCUT2D eigenvalue weighted by Crippen LogP contribution is -2.45.